The van der Waals surface area contributed by atoms with Crippen molar-refractivity contribution in [2.45, 2.75) is 37.6 Å². The van der Waals surface area contributed by atoms with E-state index in [1.54, 1.807) is 19.0 Å². The molecule has 2 aromatic rings. The number of aliphatic hydroxyl groups is 2. The van der Waals surface area contributed by atoms with Crippen LogP contribution in [-0.2, 0) is 29.1 Å². The van der Waals surface area contributed by atoms with Gasteiger partial charge in [-0.05, 0) is 50.0 Å². The highest BCUT2D eigenvalue weighted by molar-refractivity contribution is 6.24. The number of nitrogens with zero attached hydrogens (tertiary/aromatic N) is 2. The van der Waals surface area contributed by atoms with E-state index in [9.17, 15) is 29.7 Å². The van der Waals surface area contributed by atoms with Gasteiger partial charge in [-0.2, -0.15) is 0 Å². The predicted molar refractivity (Wildman–Crippen MR) is 153 cm³/mol. The van der Waals surface area contributed by atoms with Crippen LogP contribution in [0.2, 0.25) is 0 Å². The minimum atomic E-state index is -2.50. The highest BCUT2D eigenvalue weighted by Crippen LogP contribution is 2.52. The van der Waals surface area contributed by atoms with Crippen molar-refractivity contribution in [2.75, 3.05) is 33.1 Å². The van der Waals surface area contributed by atoms with Crippen LogP contribution in [0.4, 0.5) is 5.69 Å². The molecular formula is C31H36N4O6. The molecule has 1 amide bonds. The fourth-order valence-electron chi connectivity index (χ4n) is 6.64. The van der Waals surface area contributed by atoms with Gasteiger partial charge in [0.15, 0.2) is 11.4 Å². The fourth-order valence-corrected chi connectivity index (χ4v) is 6.64. The molecule has 0 spiro atoms. The number of likely N-dealkylation sites (N-methyl/N-ethyl adjacent to an activating group) is 1. The summed E-state index contributed by atoms with van der Waals surface area (Å²) >= 11 is 0. The quantitative estimate of drug-likeness (QED) is 0.317. The SMILES string of the molecule is CN(C)c1cc(CNCc2ccccc2)c(O)c2c1C[C@H]1C[C@H]3[C@H](N(C)C)C=C(C(N)=O)C(=O)[C@@]3(O)C(O)=C1C2=O. The lowest BCUT2D eigenvalue weighted by Gasteiger charge is -2.49. The first kappa shape index (κ1) is 28.5. The van der Waals surface area contributed by atoms with E-state index < -0.39 is 52.3 Å². The Bertz CT molecular complexity index is 1500. The smallest absolute Gasteiger partial charge is 0.252 e. The maximum Gasteiger partial charge on any atom is 0.252 e. The van der Waals surface area contributed by atoms with Gasteiger partial charge in [0.25, 0.3) is 5.91 Å². The minimum Gasteiger partial charge on any atom is -0.508 e. The first-order valence-corrected chi connectivity index (χ1v) is 13.6. The molecule has 0 saturated heterocycles. The maximum absolute atomic E-state index is 14.1. The number of carbonyl (C=O) groups excluding carboxylic acids is 3. The number of nitrogens with two attached hydrogens (primary N) is 1. The van der Waals surface area contributed by atoms with Gasteiger partial charge in [0, 0.05) is 56.0 Å². The van der Waals surface area contributed by atoms with E-state index in [4.69, 9.17) is 5.73 Å². The van der Waals surface area contributed by atoms with Crippen molar-refractivity contribution in [3.8, 4) is 5.75 Å². The van der Waals surface area contributed by atoms with E-state index >= 15 is 0 Å². The second kappa shape index (κ2) is 10.4. The third kappa shape index (κ3) is 4.52. The topological polar surface area (TPSA) is 156 Å². The van der Waals surface area contributed by atoms with Crippen LogP contribution in [-0.4, -0.2) is 77.5 Å². The third-order valence-corrected chi connectivity index (χ3v) is 8.66. The van der Waals surface area contributed by atoms with Gasteiger partial charge in [-0.25, -0.2) is 0 Å². The molecule has 0 unspecified atom stereocenters. The fraction of sp³-hybridized carbons (Fsp3) is 0.387. The van der Waals surface area contributed by atoms with E-state index in [1.165, 1.54) is 6.08 Å². The molecule has 0 bridgehead atoms. The number of hydrogen-bond donors (Lipinski definition) is 5. The van der Waals surface area contributed by atoms with Gasteiger partial charge in [-0.3, -0.25) is 14.4 Å². The third-order valence-electron chi connectivity index (χ3n) is 8.66. The molecule has 0 heterocycles. The lowest BCUT2D eigenvalue weighted by Crippen LogP contribution is -2.62. The molecule has 0 radical (unpaired) electrons. The van der Waals surface area contributed by atoms with Crippen molar-refractivity contribution in [1.82, 2.24) is 10.2 Å². The van der Waals surface area contributed by atoms with Crippen molar-refractivity contribution in [1.29, 1.82) is 0 Å². The maximum atomic E-state index is 14.1. The molecular weight excluding hydrogens is 524 g/mol. The van der Waals surface area contributed by atoms with Crippen molar-refractivity contribution in [3.63, 3.8) is 0 Å². The summed E-state index contributed by atoms with van der Waals surface area (Å²) in [7, 11) is 7.20. The summed E-state index contributed by atoms with van der Waals surface area (Å²) in [5.74, 6) is -5.00. The van der Waals surface area contributed by atoms with Crippen LogP contribution in [0.15, 0.2) is 59.4 Å². The minimum absolute atomic E-state index is 0.0469. The summed E-state index contributed by atoms with van der Waals surface area (Å²) in [4.78, 5) is 43.3. The van der Waals surface area contributed by atoms with Gasteiger partial charge in [0.1, 0.15) is 11.5 Å². The zero-order valence-electron chi connectivity index (χ0n) is 23.6. The van der Waals surface area contributed by atoms with Gasteiger partial charge in [0.2, 0.25) is 5.78 Å². The number of amides is 1. The molecule has 6 N–H and O–H groups in total. The number of hydrogen-bond acceptors (Lipinski definition) is 9. The van der Waals surface area contributed by atoms with Gasteiger partial charge in [-0.1, -0.05) is 36.4 Å². The average molecular weight is 561 g/mol. The molecule has 41 heavy (non-hydrogen) atoms. The molecule has 5 rings (SSSR count). The number of rotatable bonds is 7. The number of fused-ring (bicyclic) bond motifs is 3. The van der Waals surface area contributed by atoms with Crippen LogP contribution in [0.3, 0.4) is 0 Å². The number of allylic oxidation sites excluding steroid dienone is 1. The number of primary amides is 1. The van der Waals surface area contributed by atoms with Crippen molar-refractivity contribution >= 4 is 23.2 Å². The molecule has 0 aliphatic heterocycles. The van der Waals surface area contributed by atoms with Crippen LogP contribution in [0.1, 0.15) is 33.5 Å². The normalized spacial score (nSPS) is 25.4. The Morgan fingerprint density at radius 3 is 2.39 bits per heavy atom. The summed E-state index contributed by atoms with van der Waals surface area (Å²) in [6.45, 7) is 0.828. The zero-order valence-corrected chi connectivity index (χ0v) is 23.6. The lowest BCUT2D eigenvalue weighted by atomic mass is 9.59. The molecule has 216 valence electrons. The van der Waals surface area contributed by atoms with Crippen molar-refractivity contribution in [3.05, 3.63) is 81.6 Å². The Kier molecular flexibility index (Phi) is 7.27. The standard InChI is InChI=1S/C31H36N4O6/c1-34(2)22-12-18(15-33-14-16-8-6-5-7-9-16)26(36)25-19(22)10-17-11-21-23(35(3)4)13-20(30(32)40)28(38)31(21,41)29(39)24(17)27(25)37/h5-9,12-13,17,21,23,33,36,39,41H,10-11,14-15H2,1-4H3,(H2,32,40)/t17-,21-,23+,31+/m0/s1. The summed E-state index contributed by atoms with van der Waals surface area (Å²) in [5, 5.41) is 38.0. The van der Waals surface area contributed by atoms with Crippen LogP contribution in [0.25, 0.3) is 0 Å². The number of Topliss-reactive ketones (excluding diaryl/α,β-unsaturated/α-hetero) is 2. The summed E-state index contributed by atoms with van der Waals surface area (Å²) in [5.41, 5.74) is 5.46. The van der Waals surface area contributed by atoms with E-state index in [-0.39, 0.29) is 29.9 Å². The lowest BCUT2D eigenvalue weighted by molar-refractivity contribution is -0.146. The van der Waals surface area contributed by atoms with Crippen molar-refractivity contribution in [2.24, 2.45) is 17.6 Å². The first-order chi connectivity index (χ1) is 19.4. The van der Waals surface area contributed by atoms with Gasteiger partial charge in [0.05, 0.1) is 11.1 Å². The van der Waals surface area contributed by atoms with E-state index in [2.05, 4.69) is 5.32 Å². The number of nitrogens with one attached hydrogen (secondary N) is 1. The van der Waals surface area contributed by atoms with Crippen LogP contribution in [0.5, 0.6) is 5.75 Å². The molecule has 2 aromatic carbocycles. The Hall–Kier alpha value is -3.99. The Balaban J connectivity index is 1.59. The second-order valence-electron chi connectivity index (χ2n) is 11.6. The zero-order chi connectivity index (χ0) is 29.8. The summed E-state index contributed by atoms with van der Waals surface area (Å²) < 4.78 is 0. The Labute approximate surface area is 238 Å². The van der Waals surface area contributed by atoms with Crippen molar-refractivity contribution < 1.29 is 29.7 Å². The molecule has 0 aromatic heterocycles. The average Bonchev–Trinajstić information content (AvgIpc) is 2.91. The van der Waals surface area contributed by atoms with Crippen LogP contribution < -0.4 is 16.0 Å². The number of phenolic OH excluding ortho intramolecular Hbond substituents is 1. The number of phenols is 1. The molecule has 3 aliphatic rings. The highest BCUT2D eigenvalue weighted by atomic mass is 16.3. The number of benzene rings is 2. The Morgan fingerprint density at radius 1 is 1.10 bits per heavy atom. The molecule has 4 atom stereocenters. The molecule has 10 nitrogen and oxygen atoms in total. The van der Waals surface area contributed by atoms with Gasteiger partial charge in [-0.15, -0.1) is 0 Å². The largest absolute Gasteiger partial charge is 0.508 e. The Morgan fingerprint density at radius 2 is 1.78 bits per heavy atom. The van der Waals surface area contributed by atoms with Gasteiger partial charge >= 0.3 is 0 Å². The van der Waals surface area contributed by atoms with Crippen LogP contribution >= 0.6 is 0 Å². The van der Waals surface area contributed by atoms with Crippen LogP contribution in [0, 0.1) is 11.8 Å². The number of anilines is 1. The summed E-state index contributed by atoms with van der Waals surface area (Å²) in [6, 6.07) is 11.0. The number of ketones is 2. The number of aromatic hydroxyl groups is 1. The van der Waals surface area contributed by atoms with Gasteiger partial charge < -0.3 is 36.2 Å². The molecule has 0 saturated carbocycles. The molecule has 10 heteroatoms. The highest BCUT2D eigenvalue weighted by Gasteiger charge is 2.61. The monoisotopic (exact) mass is 560 g/mol. The van der Waals surface area contributed by atoms with E-state index in [0.717, 1.165) is 11.3 Å². The van der Waals surface area contributed by atoms with E-state index in [0.29, 0.717) is 24.1 Å². The van der Waals surface area contributed by atoms with E-state index in [1.807, 2.05) is 55.4 Å². The predicted octanol–water partition coefficient (Wildman–Crippen LogP) is 1.59. The number of carbonyl (C=O) groups is 3. The molecule has 3 aliphatic carbocycles. The summed E-state index contributed by atoms with van der Waals surface area (Å²) in [6.07, 6.45) is 1.95. The number of aliphatic hydroxyl groups excluding tert-OH is 1. The molecule has 0 fully saturated rings. The first-order valence-electron chi connectivity index (χ1n) is 13.6. The second-order valence-corrected chi connectivity index (χ2v) is 11.6.